The van der Waals surface area contributed by atoms with Crippen LogP contribution in [0.2, 0.25) is 0 Å². The lowest BCUT2D eigenvalue weighted by Crippen LogP contribution is -2.26. The van der Waals surface area contributed by atoms with E-state index in [-0.39, 0.29) is 13.2 Å². The molecule has 3 heteroatoms. The molecule has 0 fully saturated rings. The van der Waals surface area contributed by atoms with E-state index in [0.29, 0.717) is 23.9 Å². The molecule has 3 atom stereocenters. The Morgan fingerprint density at radius 3 is 2.24 bits per heavy atom. The fraction of sp³-hybridized carbons (Fsp3) is 1.00. The fourth-order valence-electron chi connectivity index (χ4n) is 2.91. The molecule has 2 N–H and O–H groups in total. The molecule has 0 aromatic carbocycles. The molecule has 0 amide bonds. The molecule has 0 aliphatic heterocycles. The van der Waals surface area contributed by atoms with Crippen molar-refractivity contribution in [1.82, 2.24) is 0 Å². The zero-order valence-electron chi connectivity index (χ0n) is 14.9. The van der Waals surface area contributed by atoms with E-state index < -0.39 is 6.10 Å². The first-order valence-electron chi connectivity index (χ1n) is 8.66. The summed E-state index contributed by atoms with van der Waals surface area (Å²) < 4.78 is 5.63. The minimum Gasteiger partial charge on any atom is -0.394 e. The van der Waals surface area contributed by atoms with Gasteiger partial charge in [0.1, 0.15) is 6.10 Å². The van der Waals surface area contributed by atoms with Gasteiger partial charge >= 0.3 is 0 Å². The molecule has 0 spiro atoms. The largest absolute Gasteiger partial charge is 0.394 e. The predicted octanol–water partition coefficient (Wildman–Crippen LogP) is 4.02. The van der Waals surface area contributed by atoms with Gasteiger partial charge < -0.3 is 14.9 Å². The van der Waals surface area contributed by atoms with Gasteiger partial charge in [0.25, 0.3) is 0 Å². The van der Waals surface area contributed by atoms with Crippen LogP contribution in [-0.2, 0) is 4.74 Å². The van der Waals surface area contributed by atoms with Crippen molar-refractivity contribution in [2.75, 3.05) is 19.8 Å². The van der Waals surface area contributed by atoms with E-state index in [4.69, 9.17) is 9.84 Å². The van der Waals surface area contributed by atoms with Gasteiger partial charge in [-0.05, 0) is 30.1 Å². The van der Waals surface area contributed by atoms with Crippen LogP contribution in [0.15, 0.2) is 0 Å². The van der Waals surface area contributed by atoms with E-state index in [1.54, 1.807) is 0 Å². The summed E-state index contributed by atoms with van der Waals surface area (Å²) in [7, 11) is 0. The second-order valence-corrected chi connectivity index (χ2v) is 7.73. The molecular weight excluding hydrogens is 264 g/mol. The zero-order valence-corrected chi connectivity index (χ0v) is 14.9. The van der Waals surface area contributed by atoms with E-state index in [1.165, 1.54) is 38.5 Å². The molecule has 0 rings (SSSR count). The van der Waals surface area contributed by atoms with Crippen LogP contribution in [0.25, 0.3) is 0 Å². The maximum absolute atomic E-state index is 9.37. The maximum atomic E-state index is 9.37. The molecule has 0 saturated heterocycles. The van der Waals surface area contributed by atoms with Gasteiger partial charge in [-0.3, -0.25) is 0 Å². The van der Waals surface area contributed by atoms with Crippen LogP contribution in [0.4, 0.5) is 0 Å². The minimum atomic E-state index is -0.747. The van der Waals surface area contributed by atoms with E-state index in [1.807, 2.05) is 0 Å². The maximum Gasteiger partial charge on any atom is 0.100 e. The minimum absolute atomic E-state index is 0.224. The van der Waals surface area contributed by atoms with Crippen molar-refractivity contribution in [2.45, 2.75) is 79.2 Å². The summed E-state index contributed by atoms with van der Waals surface area (Å²) in [6.07, 6.45) is 6.78. The third kappa shape index (κ3) is 12.1. The topological polar surface area (TPSA) is 49.7 Å². The molecule has 0 aliphatic rings. The smallest absolute Gasteiger partial charge is 0.100 e. The number of aliphatic hydroxyl groups excluding tert-OH is 2. The van der Waals surface area contributed by atoms with Crippen molar-refractivity contribution < 1.29 is 14.9 Å². The Labute approximate surface area is 132 Å². The summed E-state index contributed by atoms with van der Waals surface area (Å²) in [4.78, 5) is 0. The summed E-state index contributed by atoms with van der Waals surface area (Å²) >= 11 is 0. The van der Waals surface area contributed by atoms with Crippen molar-refractivity contribution >= 4 is 0 Å². The first kappa shape index (κ1) is 20.9. The van der Waals surface area contributed by atoms with Crippen LogP contribution in [0.1, 0.15) is 73.1 Å². The highest BCUT2D eigenvalue weighted by molar-refractivity contribution is 4.73. The molecular formula is C18H38O3. The van der Waals surface area contributed by atoms with Crippen LogP contribution in [-0.4, -0.2) is 36.1 Å². The first-order valence-corrected chi connectivity index (χ1v) is 8.66. The highest BCUT2D eigenvalue weighted by Gasteiger charge is 2.23. The SMILES string of the molecule is CCCCCCC(COCC(O)CO)C(C)CC(C)(C)C. The van der Waals surface area contributed by atoms with Gasteiger partial charge in [-0.1, -0.05) is 60.3 Å². The normalized spacial score (nSPS) is 16.7. The van der Waals surface area contributed by atoms with Gasteiger partial charge in [-0.15, -0.1) is 0 Å². The first-order chi connectivity index (χ1) is 9.80. The summed E-state index contributed by atoms with van der Waals surface area (Å²) in [6.45, 7) is 12.1. The lowest BCUT2D eigenvalue weighted by Gasteiger charge is -2.30. The van der Waals surface area contributed by atoms with Gasteiger partial charge in [0.2, 0.25) is 0 Å². The van der Waals surface area contributed by atoms with Crippen LogP contribution < -0.4 is 0 Å². The highest BCUT2D eigenvalue weighted by Crippen LogP contribution is 2.31. The molecule has 3 nitrogen and oxygen atoms in total. The monoisotopic (exact) mass is 302 g/mol. The Kier molecular flexibility index (Phi) is 11.4. The Morgan fingerprint density at radius 2 is 1.71 bits per heavy atom. The van der Waals surface area contributed by atoms with Crippen molar-refractivity contribution in [3.8, 4) is 0 Å². The molecule has 21 heavy (non-hydrogen) atoms. The highest BCUT2D eigenvalue weighted by atomic mass is 16.5. The van der Waals surface area contributed by atoms with Gasteiger partial charge in [0, 0.05) is 6.61 Å². The van der Waals surface area contributed by atoms with E-state index in [9.17, 15) is 5.11 Å². The van der Waals surface area contributed by atoms with Gasteiger partial charge in [-0.25, -0.2) is 0 Å². The summed E-state index contributed by atoms with van der Waals surface area (Å²) in [5, 5.41) is 18.2. The van der Waals surface area contributed by atoms with Crippen molar-refractivity contribution in [3.05, 3.63) is 0 Å². The van der Waals surface area contributed by atoms with Gasteiger partial charge in [0.05, 0.1) is 13.2 Å². The van der Waals surface area contributed by atoms with Crippen molar-refractivity contribution in [3.63, 3.8) is 0 Å². The number of unbranched alkanes of at least 4 members (excludes halogenated alkanes) is 3. The molecule has 0 heterocycles. The Balaban J connectivity index is 4.25. The number of hydrogen-bond acceptors (Lipinski definition) is 3. The number of ether oxygens (including phenoxy) is 1. The van der Waals surface area contributed by atoms with Crippen molar-refractivity contribution in [1.29, 1.82) is 0 Å². The van der Waals surface area contributed by atoms with Crippen LogP contribution in [0, 0.1) is 17.3 Å². The quantitative estimate of drug-likeness (QED) is 0.535. The number of aliphatic hydroxyl groups is 2. The third-order valence-electron chi connectivity index (χ3n) is 4.02. The molecule has 0 aromatic rings. The summed E-state index contributed by atoms with van der Waals surface area (Å²) in [6, 6.07) is 0. The Bertz CT molecular complexity index is 235. The molecule has 128 valence electrons. The second kappa shape index (κ2) is 11.4. The molecule has 0 aliphatic carbocycles. The lowest BCUT2D eigenvalue weighted by atomic mass is 9.78. The average Bonchev–Trinajstić information content (AvgIpc) is 2.39. The van der Waals surface area contributed by atoms with E-state index in [2.05, 4.69) is 34.6 Å². The molecule has 0 saturated carbocycles. The molecule has 0 bridgehead atoms. The average molecular weight is 302 g/mol. The van der Waals surface area contributed by atoms with E-state index in [0.717, 1.165) is 0 Å². The zero-order chi connectivity index (χ0) is 16.3. The molecule has 0 radical (unpaired) electrons. The van der Waals surface area contributed by atoms with Gasteiger partial charge in [-0.2, -0.15) is 0 Å². The molecule has 0 aromatic heterocycles. The van der Waals surface area contributed by atoms with E-state index >= 15 is 0 Å². The Hall–Kier alpha value is -0.120. The van der Waals surface area contributed by atoms with Crippen LogP contribution in [0.5, 0.6) is 0 Å². The third-order valence-corrected chi connectivity index (χ3v) is 4.02. The Morgan fingerprint density at radius 1 is 1.05 bits per heavy atom. The number of hydrogen-bond donors (Lipinski definition) is 2. The number of rotatable bonds is 12. The second-order valence-electron chi connectivity index (χ2n) is 7.73. The fourth-order valence-corrected chi connectivity index (χ4v) is 2.91. The van der Waals surface area contributed by atoms with Gasteiger partial charge in [0.15, 0.2) is 0 Å². The summed E-state index contributed by atoms with van der Waals surface area (Å²) in [5.74, 6) is 1.17. The molecule has 3 unspecified atom stereocenters. The summed E-state index contributed by atoms with van der Waals surface area (Å²) in [5.41, 5.74) is 0.339. The van der Waals surface area contributed by atoms with Crippen LogP contribution >= 0.6 is 0 Å². The lowest BCUT2D eigenvalue weighted by molar-refractivity contribution is -0.0141. The standard InChI is InChI=1S/C18H38O3/c1-6-7-8-9-10-16(13-21-14-17(20)12-19)15(2)11-18(3,4)5/h15-17,19-20H,6-14H2,1-5H3. The van der Waals surface area contributed by atoms with Crippen molar-refractivity contribution in [2.24, 2.45) is 17.3 Å². The predicted molar refractivity (Wildman–Crippen MR) is 89.4 cm³/mol. The van der Waals surface area contributed by atoms with Crippen LogP contribution in [0.3, 0.4) is 0 Å².